The van der Waals surface area contributed by atoms with Gasteiger partial charge in [-0.15, -0.1) is 17.0 Å². The van der Waals surface area contributed by atoms with Gasteiger partial charge in [-0.25, -0.2) is 0 Å². The van der Waals surface area contributed by atoms with Crippen molar-refractivity contribution in [2.24, 2.45) is 5.92 Å². The van der Waals surface area contributed by atoms with E-state index in [1.54, 1.807) is 0 Å². The van der Waals surface area contributed by atoms with Crippen LogP contribution >= 0.6 is 17.0 Å². The topological polar surface area (TPSA) is 69.6 Å². The molecular weight excluding hydrogens is 410 g/mol. The number of halogens is 1. The fourth-order valence-corrected chi connectivity index (χ4v) is 6.19. The van der Waals surface area contributed by atoms with Gasteiger partial charge in [0.15, 0.2) is 11.9 Å². The molecule has 2 saturated carbocycles. The summed E-state index contributed by atoms with van der Waals surface area (Å²) in [5, 5.41) is 24.9. The number of ketones is 1. The van der Waals surface area contributed by atoms with Crippen molar-refractivity contribution < 1.29 is 28.3 Å². The van der Waals surface area contributed by atoms with Crippen LogP contribution in [0.25, 0.3) is 0 Å². The SMILES string of the molecule is Br.[2H]C1([2H])c2ccc([O-])c3c2C24CC[N+](C)(CC5CC5)[C@@]1([2H])[C@@]2(O)CCC(=O)C4O3. The predicted octanol–water partition coefficient (Wildman–Crippen LogP) is 1.62. The molecule has 0 amide bonds. The molecule has 3 fully saturated rings. The summed E-state index contributed by atoms with van der Waals surface area (Å²) in [6.45, 7) is 1.11. The molecule has 3 unspecified atom stereocenters. The Morgan fingerprint density at radius 3 is 2.96 bits per heavy atom. The number of carbonyl (C=O) groups excluding carboxylic acids is 1. The average Bonchev–Trinajstić information content (AvgIpc) is 3.39. The number of aliphatic hydroxyl groups is 1. The van der Waals surface area contributed by atoms with Crippen LogP contribution in [0.4, 0.5) is 0 Å². The van der Waals surface area contributed by atoms with Gasteiger partial charge in [0.1, 0.15) is 17.4 Å². The van der Waals surface area contributed by atoms with Crippen molar-refractivity contribution in [1.82, 2.24) is 0 Å². The standard InChI is InChI=1S/C21H25NO4.BrH/c1-22(11-12-2-3-12)9-8-20-17-13-4-5-14(23)18(17)26-19(20)15(24)6-7-21(20,25)16(22)10-13;/h4-5,12,16,19,25H,2-3,6-11H2,1H3;1H/t16-,19?,20?,21+,22?;/m1./s1/i10D2,16D;. The first-order valence-electron chi connectivity index (χ1n) is 11.1. The van der Waals surface area contributed by atoms with Gasteiger partial charge in [0.2, 0.25) is 0 Å². The molecule has 2 aliphatic heterocycles. The monoisotopic (exact) mass is 438 g/mol. The Balaban J connectivity index is 0.00000193. The van der Waals surface area contributed by atoms with E-state index in [-0.39, 0.29) is 51.4 Å². The van der Waals surface area contributed by atoms with E-state index in [0.29, 0.717) is 31.0 Å². The third-order valence-corrected chi connectivity index (χ3v) is 7.56. The Kier molecular flexibility index (Phi) is 2.90. The second-order valence-corrected chi connectivity index (χ2v) is 9.08. The van der Waals surface area contributed by atoms with E-state index in [9.17, 15) is 16.4 Å². The Hall–Kier alpha value is -1.11. The van der Waals surface area contributed by atoms with E-state index >= 15 is 0 Å². The number of hydrogen-bond donors (Lipinski definition) is 1. The normalized spacial score (nSPS) is 49.8. The van der Waals surface area contributed by atoms with Crippen LogP contribution in [0.3, 0.4) is 0 Å². The third-order valence-electron chi connectivity index (χ3n) is 7.56. The van der Waals surface area contributed by atoms with Crippen molar-refractivity contribution in [2.75, 3.05) is 20.1 Å². The van der Waals surface area contributed by atoms with Gasteiger partial charge in [-0.2, -0.15) is 0 Å². The van der Waals surface area contributed by atoms with Gasteiger partial charge in [-0.3, -0.25) is 4.79 Å². The van der Waals surface area contributed by atoms with Crippen LogP contribution in [0.2, 0.25) is 0 Å². The molecule has 1 spiro atoms. The average molecular weight is 439 g/mol. The van der Waals surface area contributed by atoms with Crippen molar-refractivity contribution in [3.63, 3.8) is 0 Å². The molecule has 0 aromatic heterocycles. The second-order valence-electron chi connectivity index (χ2n) is 9.08. The minimum atomic E-state index is -2.20. The summed E-state index contributed by atoms with van der Waals surface area (Å²) in [6.07, 6.45) is -0.618. The number of hydrogen-bond acceptors (Lipinski definition) is 4. The quantitative estimate of drug-likeness (QED) is 0.712. The molecule has 6 rings (SSSR count). The van der Waals surface area contributed by atoms with E-state index in [2.05, 4.69) is 0 Å². The molecule has 27 heavy (non-hydrogen) atoms. The molecule has 6 heteroatoms. The summed E-state index contributed by atoms with van der Waals surface area (Å²) in [4.78, 5) is 12.9. The number of carbonyl (C=O) groups is 1. The van der Waals surface area contributed by atoms with Crippen LogP contribution in [0.15, 0.2) is 12.1 Å². The van der Waals surface area contributed by atoms with Gasteiger partial charge < -0.3 is 19.4 Å². The highest BCUT2D eigenvalue weighted by Gasteiger charge is 2.76. The summed E-state index contributed by atoms with van der Waals surface area (Å²) in [6, 6.07) is 0.838. The molecule has 2 bridgehead atoms. The third kappa shape index (κ3) is 1.94. The molecule has 1 N–H and O–H groups in total. The molecule has 5 aliphatic rings. The molecule has 1 saturated heterocycles. The number of rotatable bonds is 2. The molecular formula is C21H26BrNO4. The number of quaternary nitrogens is 1. The number of nitrogens with zero attached hydrogens (tertiary/aromatic N) is 1. The molecule has 1 aromatic carbocycles. The minimum Gasteiger partial charge on any atom is -0.870 e. The summed E-state index contributed by atoms with van der Waals surface area (Å²) >= 11 is 0. The van der Waals surface area contributed by atoms with E-state index in [1.165, 1.54) is 12.1 Å². The zero-order valence-electron chi connectivity index (χ0n) is 18.3. The van der Waals surface area contributed by atoms with Crippen molar-refractivity contribution in [1.29, 1.82) is 0 Å². The van der Waals surface area contributed by atoms with Crippen molar-refractivity contribution in [3.8, 4) is 11.5 Å². The molecule has 0 radical (unpaired) electrons. The van der Waals surface area contributed by atoms with Crippen molar-refractivity contribution >= 4 is 22.8 Å². The maximum absolute atomic E-state index is 12.9. The molecule has 1 aromatic rings. The van der Waals surface area contributed by atoms with Crippen LogP contribution in [0, 0.1) is 5.92 Å². The van der Waals surface area contributed by atoms with Crippen LogP contribution in [-0.4, -0.2) is 53.2 Å². The molecule has 2 heterocycles. The second kappa shape index (κ2) is 5.28. The summed E-state index contributed by atoms with van der Waals surface area (Å²) in [7, 11) is 1.89. The van der Waals surface area contributed by atoms with Crippen molar-refractivity contribution in [3.05, 3.63) is 23.3 Å². The predicted molar refractivity (Wildman–Crippen MR) is 102 cm³/mol. The highest BCUT2D eigenvalue weighted by Crippen LogP contribution is 2.65. The maximum Gasteiger partial charge on any atom is 0.174 e. The summed E-state index contributed by atoms with van der Waals surface area (Å²) in [5.74, 6) is -0.112. The lowest BCUT2D eigenvalue weighted by Gasteiger charge is -2.64. The smallest absolute Gasteiger partial charge is 0.174 e. The summed E-state index contributed by atoms with van der Waals surface area (Å²) < 4.78 is 34.0. The number of piperidine rings is 1. The van der Waals surface area contributed by atoms with Gasteiger partial charge >= 0.3 is 0 Å². The van der Waals surface area contributed by atoms with Crippen LogP contribution in [0.5, 0.6) is 11.5 Å². The molecule has 3 aliphatic carbocycles. The number of Topliss-reactive ketones (excluding diaryl/α,β-unsaturated/α-hetero) is 1. The lowest BCUT2D eigenvalue weighted by molar-refractivity contribution is -0.950. The number of benzene rings is 1. The van der Waals surface area contributed by atoms with E-state index < -0.39 is 35.3 Å². The van der Waals surface area contributed by atoms with Gasteiger partial charge in [0.05, 0.1) is 26.9 Å². The molecule has 146 valence electrons. The zero-order valence-corrected chi connectivity index (χ0v) is 17.0. The van der Waals surface area contributed by atoms with Crippen LogP contribution in [0.1, 0.15) is 47.3 Å². The Bertz CT molecular complexity index is 987. The number of ether oxygens (including phenoxy) is 1. The van der Waals surface area contributed by atoms with E-state index in [4.69, 9.17) is 7.48 Å². The lowest BCUT2D eigenvalue weighted by atomic mass is 9.48. The lowest BCUT2D eigenvalue weighted by Crippen LogP contribution is -2.80. The Morgan fingerprint density at radius 1 is 1.44 bits per heavy atom. The van der Waals surface area contributed by atoms with Crippen LogP contribution in [-0.2, 0) is 16.6 Å². The first-order chi connectivity index (χ1) is 13.5. The first kappa shape index (κ1) is 14.8. The minimum absolute atomic E-state index is 0. The summed E-state index contributed by atoms with van der Waals surface area (Å²) in [5.41, 5.74) is -2.42. The fraction of sp³-hybridized carbons (Fsp3) is 0.667. The van der Waals surface area contributed by atoms with Gasteiger partial charge in [0, 0.05) is 33.4 Å². The zero-order chi connectivity index (χ0) is 20.6. The molecule has 5 atom stereocenters. The van der Waals surface area contributed by atoms with E-state index in [1.807, 2.05) is 7.05 Å². The van der Waals surface area contributed by atoms with Gasteiger partial charge in [0.25, 0.3) is 0 Å². The molecule has 5 nitrogen and oxygen atoms in total. The largest absolute Gasteiger partial charge is 0.870 e. The highest BCUT2D eigenvalue weighted by molar-refractivity contribution is 8.93. The van der Waals surface area contributed by atoms with E-state index in [0.717, 1.165) is 12.8 Å². The maximum atomic E-state index is 12.9. The number of likely N-dealkylation sites (tertiary alicyclic amines) is 1. The van der Waals surface area contributed by atoms with Crippen LogP contribution < -0.4 is 9.84 Å². The van der Waals surface area contributed by atoms with Crippen molar-refractivity contribution in [2.45, 2.75) is 61.6 Å². The fourth-order valence-electron chi connectivity index (χ4n) is 6.19. The highest BCUT2D eigenvalue weighted by atomic mass is 79.9. The first-order valence-corrected chi connectivity index (χ1v) is 9.65. The van der Waals surface area contributed by atoms with Gasteiger partial charge in [-0.1, -0.05) is 17.9 Å². The Morgan fingerprint density at radius 2 is 2.22 bits per heavy atom. The number of likely N-dealkylation sites (N-methyl/N-ethyl adjacent to an activating group) is 1. The van der Waals surface area contributed by atoms with Gasteiger partial charge in [-0.05, 0) is 24.8 Å². The Labute approximate surface area is 173 Å².